The number of ether oxygens (including phenoxy) is 1. The monoisotopic (exact) mass is 406 g/mol. The summed E-state index contributed by atoms with van der Waals surface area (Å²) in [5.41, 5.74) is 4.10. The maximum Gasteiger partial charge on any atom is 0.239 e. The van der Waals surface area contributed by atoms with Crippen molar-refractivity contribution < 1.29 is 9.53 Å². The number of hydrogen-bond acceptors (Lipinski definition) is 5. The van der Waals surface area contributed by atoms with Crippen molar-refractivity contribution in [2.45, 2.75) is 18.9 Å². The van der Waals surface area contributed by atoms with Gasteiger partial charge in [0.1, 0.15) is 5.75 Å². The standard InChI is InChI=1S/C22H22N4O2S/c1-13-8-15(11-24-10-13)16-9-18(29-12-16)20-19(21(27)26(2)22(23)25-20)14-4-6-17(28-3)7-5-14/h4-12,19-20H,1-3H3,(H2,23,25)/t19?,20-/m1/s1. The molecule has 6 nitrogen and oxygen atoms in total. The predicted octanol–water partition coefficient (Wildman–Crippen LogP) is 3.95. The highest BCUT2D eigenvalue weighted by Crippen LogP contribution is 2.40. The minimum absolute atomic E-state index is 0.101. The van der Waals surface area contributed by atoms with Crippen LogP contribution in [0, 0.1) is 12.3 Å². The SMILES string of the molecule is COc1ccc(C2C(=O)N(C)C(=N)N[C@@H]2c2cc(-c3cncc(C)c3)cs2)cc1. The molecule has 2 N–H and O–H groups in total. The zero-order chi connectivity index (χ0) is 20.5. The summed E-state index contributed by atoms with van der Waals surface area (Å²) in [6.45, 7) is 2.02. The number of amides is 1. The lowest BCUT2D eigenvalue weighted by molar-refractivity contribution is -0.130. The first-order chi connectivity index (χ1) is 14.0. The minimum Gasteiger partial charge on any atom is -0.497 e. The Bertz CT molecular complexity index is 1060. The van der Waals surface area contributed by atoms with E-state index in [4.69, 9.17) is 10.1 Å². The van der Waals surface area contributed by atoms with Gasteiger partial charge in [0.25, 0.3) is 0 Å². The first-order valence-electron chi connectivity index (χ1n) is 9.25. The summed E-state index contributed by atoms with van der Waals surface area (Å²) in [7, 11) is 3.25. The van der Waals surface area contributed by atoms with Gasteiger partial charge in [0.2, 0.25) is 5.91 Å². The summed E-state index contributed by atoms with van der Waals surface area (Å²) in [5.74, 6) is 0.322. The van der Waals surface area contributed by atoms with Crippen molar-refractivity contribution >= 4 is 23.2 Å². The summed E-state index contributed by atoms with van der Waals surface area (Å²) in [6.07, 6.45) is 3.67. The Morgan fingerprint density at radius 1 is 1.17 bits per heavy atom. The molecule has 3 aromatic rings. The molecule has 1 fully saturated rings. The summed E-state index contributed by atoms with van der Waals surface area (Å²) in [6, 6.07) is 11.4. The maximum absolute atomic E-state index is 13.1. The van der Waals surface area contributed by atoms with Gasteiger partial charge in [-0.25, -0.2) is 0 Å². The van der Waals surface area contributed by atoms with Gasteiger partial charge in [-0.15, -0.1) is 11.3 Å². The largest absolute Gasteiger partial charge is 0.497 e. The van der Waals surface area contributed by atoms with Gasteiger partial charge in [0, 0.05) is 29.9 Å². The van der Waals surface area contributed by atoms with Crippen molar-refractivity contribution in [2.75, 3.05) is 14.2 Å². The third-order valence-electron chi connectivity index (χ3n) is 5.17. The molecular weight excluding hydrogens is 384 g/mol. The second-order valence-electron chi connectivity index (χ2n) is 7.11. The first-order valence-corrected chi connectivity index (χ1v) is 10.1. The van der Waals surface area contributed by atoms with E-state index in [-0.39, 0.29) is 17.9 Å². The highest BCUT2D eigenvalue weighted by Gasteiger charge is 2.40. The summed E-state index contributed by atoms with van der Waals surface area (Å²) < 4.78 is 5.25. The average molecular weight is 407 g/mol. The van der Waals surface area contributed by atoms with Gasteiger partial charge in [0.15, 0.2) is 5.96 Å². The van der Waals surface area contributed by atoms with Crippen LogP contribution in [0.15, 0.2) is 54.2 Å². The van der Waals surface area contributed by atoms with Crippen molar-refractivity contribution in [1.29, 1.82) is 5.41 Å². The summed E-state index contributed by atoms with van der Waals surface area (Å²) in [5, 5.41) is 13.5. The molecule has 4 rings (SSSR count). The van der Waals surface area contributed by atoms with Crippen LogP contribution in [-0.2, 0) is 4.79 Å². The van der Waals surface area contributed by atoms with E-state index in [1.807, 2.05) is 43.6 Å². The minimum atomic E-state index is -0.429. The van der Waals surface area contributed by atoms with Gasteiger partial charge in [-0.3, -0.25) is 20.1 Å². The van der Waals surface area contributed by atoms with Crippen LogP contribution < -0.4 is 10.1 Å². The number of benzene rings is 1. The molecule has 7 heteroatoms. The van der Waals surface area contributed by atoms with Crippen LogP contribution in [0.5, 0.6) is 5.75 Å². The van der Waals surface area contributed by atoms with Gasteiger partial charge in [-0.05, 0) is 53.3 Å². The molecule has 3 heterocycles. The zero-order valence-electron chi connectivity index (χ0n) is 16.5. The molecule has 1 saturated heterocycles. The lowest BCUT2D eigenvalue weighted by Gasteiger charge is -2.37. The topological polar surface area (TPSA) is 78.3 Å². The van der Waals surface area contributed by atoms with Crippen molar-refractivity contribution in [3.8, 4) is 16.9 Å². The summed E-state index contributed by atoms with van der Waals surface area (Å²) in [4.78, 5) is 19.8. The molecule has 1 aliphatic rings. The quantitative estimate of drug-likeness (QED) is 0.688. The zero-order valence-corrected chi connectivity index (χ0v) is 17.3. The highest BCUT2D eigenvalue weighted by atomic mass is 32.1. The summed E-state index contributed by atoms with van der Waals surface area (Å²) >= 11 is 1.59. The number of methoxy groups -OCH3 is 1. The van der Waals surface area contributed by atoms with E-state index in [2.05, 4.69) is 27.8 Å². The van der Waals surface area contributed by atoms with Crippen molar-refractivity contribution in [1.82, 2.24) is 15.2 Å². The fourth-order valence-electron chi connectivity index (χ4n) is 3.55. The van der Waals surface area contributed by atoms with E-state index in [9.17, 15) is 4.79 Å². The van der Waals surface area contributed by atoms with Gasteiger partial charge in [0.05, 0.1) is 19.1 Å². The lowest BCUT2D eigenvalue weighted by Crippen LogP contribution is -2.53. The molecule has 1 amide bonds. The number of likely N-dealkylation sites (N-methyl/N-ethyl adjacent to an activating group) is 1. The predicted molar refractivity (Wildman–Crippen MR) is 114 cm³/mol. The smallest absolute Gasteiger partial charge is 0.239 e. The van der Waals surface area contributed by atoms with Crippen LogP contribution in [0.2, 0.25) is 0 Å². The van der Waals surface area contributed by atoms with E-state index < -0.39 is 5.92 Å². The van der Waals surface area contributed by atoms with Crippen molar-refractivity contribution in [3.63, 3.8) is 0 Å². The van der Waals surface area contributed by atoms with Gasteiger partial charge < -0.3 is 10.1 Å². The molecule has 0 spiro atoms. The van der Waals surface area contributed by atoms with Crippen LogP contribution in [0.4, 0.5) is 0 Å². The normalized spacial score (nSPS) is 19.2. The van der Waals surface area contributed by atoms with E-state index in [1.54, 1.807) is 25.5 Å². The van der Waals surface area contributed by atoms with Crippen LogP contribution in [-0.4, -0.2) is 35.9 Å². The number of carbonyl (C=O) groups excluding carboxylic acids is 1. The second-order valence-corrected chi connectivity index (χ2v) is 8.05. The Balaban J connectivity index is 1.73. The molecule has 29 heavy (non-hydrogen) atoms. The Kier molecular flexibility index (Phi) is 5.07. The number of hydrogen-bond donors (Lipinski definition) is 2. The highest BCUT2D eigenvalue weighted by molar-refractivity contribution is 7.10. The Hall–Kier alpha value is -3.19. The molecule has 1 unspecified atom stereocenters. The molecule has 0 saturated carbocycles. The van der Waals surface area contributed by atoms with Gasteiger partial charge in [-0.1, -0.05) is 12.1 Å². The van der Waals surface area contributed by atoms with Gasteiger partial charge >= 0.3 is 0 Å². The number of aryl methyl sites for hydroxylation is 1. The molecule has 0 aliphatic carbocycles. The van der Waals surface area contributed by atoms with Crippen LogP contribution in [0.25, 0.3) is 11.1 Å². The molecule has 0 bridgehead atoms. The first kappa shape index (κ1) is 19.1. The van der Waals surface area contributed by atoms with Crippen molar-refractivity contribution in [2.24, 2.45) is 0 Å². The number of rotatable bonds is 4. The number of nitrogens with zero attached hydrogens (tertiary/aromatic N) is 2. The molecule has 2 aromatic heterocycles. The number of carbonyl (C=O) groups is 1. The maximum atomic E-state index is 13.1. The fraction of sp³-hybridized carbons (Fsp3) is 0.227. The second kappa shape index (κ2) is 7.67. The van der Waals surface area contributed by atoms with E-state index in [1.165, 1.54) is 4.90 Å². The van der Waals surface area contributed by atoms with E-state index >= 15 is 0 Å². The number of thiophene rings is 1. The number of aromatic nitrogens is 1. The Morgan fingerprint density at radius 3 is 2.62 bits per heavy atom. The van der Waals surface area contributed by atoms with Crippen LogP contribution in [0.3, 0.4) is 0 Å². The molecular formula is C22H22N4O2S. The molecule has 2 atom stereocenters. The molecule has 1 aliphatic heterocycles. The number of nitrogens with one attached hydrogen (secondary N) is 2. The molecule has 1 aromatic carbocycles. The average Bonchev–Trinajstić information content (AvgIpc) is 3.22. The Morgan fingerprint density at radius 2 is 1.93 bits per heavy atom. The van der Waals surface area contributed by atoms with E-state index in [0.29, 0.717) is 0 Å². The van der Waals surface area contributed by atoms with Crippen LogP contribution >= 0.6 is 11.3 Å². The van der Waals surface area contributed by atoms with Crippen molar-refractivity contribution in [3.05, 3.63) is 70.2 Å². The van der Waals surface area contributed by atoms with Crippen LogP contribution in [0.1, 0.15) is 28.0 Å². The Labute approximate surface area is 173 Å². The van der Waals surface area contributed by atoms with E-state index in [0.717, 1.165) is 32.9 Å². The third-order valence-corrected chi connectivity index (χ3v) is 6.18. The van der Waals surface area contributed by atoms with Gasteiger partial charge in [-0.2, -0.15) is 0 Å². The third kappa shape index (κ3) is 3.61. The molecule has 148 valence electrons. The number of pyridine rings is 1. The lowest BCUT2D eigenvalue weighted by atomic mass is 9.87. The number of guanidine groups is 1. The molecule has 0 radical (unpaired) electrons. The fourth-order valence-corrected chi connectivity index (χ4v) is 4.55.